The molecule has 1 unspecified atom stereocenters. The maximum absolute atomic E-state index is 14.0. The molecule has 0 radical (unpaired) electrons. The van der Waals surface area contributed by atoms with Crippen molar-refractivity contribution in [3.8, 4) is 11.3 Å². The van der Waals surface area contributed by atoms with E-state index in [1.165, 1.54) is 12.1 Å². The number of halogens is 1. The van der Waals surface area contributed by atoms with Gasteiger partial charge >= 0.3 is 0 Å². The first-order valence-electron chi connectivity index (χ1n) is 12.1. The van der Waals surface area contributed by atoms with E-state index in [0.717, 1.165) is 29.5 Å². The van der Waals surface area contributed by atoms with Gasteiger partial charge in [-0.25, -0.2) is 4.39 Å². The lowest BCUT2D eigenvalue weighted by Gasteiger charge is -2.29. The van der Waals surface area contributed by atoms with E-state index in [1.807, 2.05) is 25.1 Å². The molecular formula is C27H30FN3O4. The lowest BCUT2D eigenvalue weighted by Crippen LogP contribution is -2.39. The minimum absolute atomic E-state index is 0.0541. The second-order valence-corrected chi connectivity index (χ2v) is 9.11. The Morgan fingerprint density at radius 1 is 1.14 bits per heavy atom. The molecule has 5 rings (SSSR count). The highest BCUT2D eigenvalue weighted by atomic mass is 19.1. The van der Waals surface area contributed by atoms with E-state index >= 15 is 0 Å². The fraction of sp³-hybridized carbons (Fsp3) is 0.407. The standard InChI is InChI=1S/C27H30FN3O4/c1-19-5-2-6-20(15-19)25-24(27(35-29-25)30-10-13-33-14-11-30)18-31(17-23-9-4-12-34-23)26(32)21-7-3-8-22(28)16-21/h2-3,5-8,15-16,23H,4,9-14,17-18H2,1H3. The average Bonchev–Trinajstić information content (AvgIpc) is 3.54. The fourth-order valence-corrected chi connectivity index (χ4v) is 4.73. The first-order chi connectivity index (χ1) is 17.1. The highest BCUT2D eigenvalue weighted by molar-refractivity contribution is 5.94. The van der Waals surface area contributed by atoms with Crippen LogP contribution in [0.15, 0.2) is 53.1 Å². The molecule has 0 N–H and O–H groups in total. The van der Waals surface area contributed by atoms with E-state index in [4.69, 9.17) is 14.0 Å². The number of aryl methyl sites for hydroxylation is 1. The van der Waals surface area contributed by atoms with E-state index in [1.54, 1.807) is 17.0 Å². The Morgan fingerprint density at radius 3 is 2.71 bits per heavy atom. The number of anilines is 1. The first-order valence-corrected chi connectivity index (χ1v) is 12.1. The van der Waals surface area contributed by atoms with Crippen LogP contribution in [0, 0.1) is 12.7 Å². The normalized spacial score (nSPS) is 18.1. The first kappa shape index (κ1) is 23.5. The van der Waals surface area contributed by atoms with Crippen molar-refractivity contribution in [2.45, 2.75) is 32.4 Å². The van der Waals surface area contributed by atoms with E-state index in [2.05, 4.69) is 16.1 Å². The Balaban J connectivity index is 1.53. The van der Waals surface area contributed by atoms with Crippen molar-refractivity contribution in [2.75, 3.05) is 44.4 Å². The molecule has 7 nitrogen and oxygen atoms in total. The Bertz CT molecular complexity index is 1170. The number of carbonyl (C=O) groups is 1. The molecule has 0 spiro atoms. The molecule has 0 bridgehead atoms. The summed E-state index contributed by atoms with van der Waals surface area (Å²) in [5.41, 5.74) is 3.89. The molecule has 2 fully saturated rings. The second kappa shape index (κ2) is 10.6. The number of amides is 1. The molecule has 3 heterocycles. The van der Waals surface area contributed by atoms with Gasteiger partial charge in [0, 0.05) is 37.4 Å². The molecule has 184 valence electrons. The number of nitrogens with zero attached hydrogens (tertiary/aromatic N) is 3. The summed E-state index contributed by atoms with van der Waals surface area (Å²) >= 11 is 0. The van der Waals surface area contributed by atoms with Crippen molar-refractivity contribution in [1.82, 2.24) is 10.1 Å². The van der Waals surface area contributed by atoms with Crippen molar-refractivity contribution >= 4 is 11.8 Å². The monoisotopic (exact) mass is 479 g/mol. The lowest BCUT2D eigenvalue weighted by atomic mass is 10.0. The molecule has 1 aromatic heterocycles. The summed E-state index contributed by atoms with van der Waals surface area (Å²) in [6.45, 7) is 5.96. The van der Waals surface area contributed by atoms with Gasteiger partial charge in [0.25, 0.3) is 5.91 Å². The molecule has 1 amide bonds. The number of benzene rings is 2. The fourth-order valence-electron chi connectivity index (χ4n) is 4.73. The summed E-state index contributed by atoms with van der Waals surface area (Å²) in [7, 11) is 0. The van der Waals surface area contributed by atoms with Crippen molar-refractivity contribution in [2.24, 2.45) is 0 Å². The number of hydrogen-bond acceptors (Lipinski definition) is 6. The minimum atomic E-state index is -0.438. The summed E-state index contributed by atoms with van der Waals surface area (Å²) in [5.74, 6) is -0.0362. The molecule has 0 aliphatic carbocycles. The van der Waals surface area contributed by atoms with Crippen LogP contribution in [-0.2, 0) is 16.0 Å². The van der Waals surface area contributed by atoms with Crippen LogP contribution in [-0.4, -0.2) is 61.5 Å². The van der Waals surface area contributed by atoms with Crippen molar-refractivity contribution in [1.29, 1.82) is 0 Å². The highest BCUT2D eigenvalue weighted by Gasteiger charge is 2.30. The summed E-state index contributed by atoms with van der Waals surface area (Å²) in [5, 5.41) is 4.45. The molecule has 8 heteroatoms. The summed E-state index contributed by atoms with van der Waals surface area (Å²) in [6, 6.07) is 13.9. The van der Waals surface area contributed by atoms with E-state index < -0.39 is 5.82 Å². The van der Waals surface area contributed by atoms with Gasteiger partial charge in [0.1, 0.15) is 11.5 Å². The van der Waals surface area contributed by atoms with Crippen LogP contribution in [0.5, 0.6) is 0 Å². The van der Waals surface area contributed by atoms with Gasteiger partial charge < -0.3 is 23.8 Å². The second-order valence-electron chi connectivity index (χ2n) is 9.11. The maximum atomic E-state index is 14.0. The van der Waals surface area contributed by atoms with Gasteiger partial charge in [0.2, 0.25) is 5.88 Å². The third-order valence-corrected chi connectivity index (χ3v) is 6.51. The zero-order chi connectivity index (χ0) is 24.2. The largest absolute Gasteiger partial charge is 0.378 e. The van der Waals surface area contributed by atoms with Crippen LogP contribution >= 0.6 is 0 Å². The van der Waals surface area contributed by atoms with Gasteiger partial charge in [-0.1, -0.05) is 35.0 Å². The lowest BCUT2D eigenvalue weighted by molar-refractivity contribution is 0.0507. The molecule has 2 saturated heterocycles. The molecular weight excluding hydrogens is 449 g/mol. The number of carbonyl (C=O) groups excluding carboxylic acids is 1. The Hall–Kier alpha value is -3.23. The van der Waals surface area contributed by atoms with Gasteiger partial charge in [-0.15, -0.1) is 0 Å². The number of morpholine rings is 1. The number of ether oxygens (including phenoxy) is 2. The molecule has 2 aromatic carbocycles. The van der Waals surface area contributed by atoms with Crippen molar-refractivity contribution in [3.05, 3.63) is 71.0 Å². The van der Waals surface area contributed by atoms with Crippen LogP contribution in [0.4, 0.5) is 10.3 Å². The minimum Gasteiger partial charge on any atom is -0.378 e. The maximum Gasteiger partial charge on any atom is 0.254 e. The van der Waals surface area contributed by atoms with Crippen LogP contribution in [0.3, 0.4) is 0 Å². The topological polar surface area (TPSA) is 68.0 Å². The van der Waals surface area contributed by atoms with Crippen LogP contribution in [0.2, 0.25) is 0 Å². The Labute approximate surface area is 204 Å². The molecule has 2 aliphatic heterocycles. The van der Waals surface area contributed by atoms with E-state index in [-0.39, 0.29) is 18.6 Å². The van der Waals surface area contributed by atoms with Crippen LogP contribution < -0.4 is 4.90 Å². The predicted octanol–water partition coefficient (Wildman–Crippen LogP) is 4.45. The number of rotatable bonds is 7. The molecule has 2 aliphatic rings. The van der Waals surface area contributed by atoms with Crippen molar-refractivity contribution < 1.29 is 23.2 Å². The van der Waals surface area contributed by atoms with E-state index in [0.29, 0.717) is 56.6 Å². The molecule has 35 heavy (non-hydrogen) atoms. The van der Waals surface area contributed by atoms with Crippen LogP contribution in [0.25, 0.3) is 11.3 Å². The van der Waals surface area contributed by atoms with Crippen LogP contribution in [0.1, 0.15) is 34.3 Å². The van der Waals surface area contributed by atoms with Crippen molar-refractivity contribution in [3.63, 3.8) is 0 Å². The average molecular weight is 480 g/mol. The molecule has 1 atom stereocenters. The zero-order valence-electron chi connectivity index (χ0n) is 19.9. The van der Waals surface area contributed by atoms with Gasteiger partial charge in [-0.3, -0.25) is 4.79 Å². The predicted molar refractivity (Wildman–Crippen MR) is 130 cm³/mol. The summed E-state index contributed by atoms with van der Waals surface area (Å²) in [6.07, 6.45) is 1.80. The number of aromatic nitrogens is 1. The smallest absolute Gasteiger partial charge is 0.254 e. The molecule has 0 saturated carbocycles. The number of hydrogen-bond donors (Lipinski definition) is 0. The Morgan fingerprint density at radius 2 is 1.97 bits per heavy atom. The van der Waals surface area contributed by atoms with Gasteiger partial charge in [-0.05, 0) is 44.0 Å². The van der Waals surface area contributed by atoms with Gasteiger partial charge in [-0.2, -0.15) is 0 Å². The third-order valence-electron chi connectivity index (χ3n) is 6.51. The Kier molecular flexibility index (Phi) is 7.11. The summed E-state index contributed by atoms with van der Waals surface area (Å²) in [4.78, 5) is 17.5. The third kappa shape index (κ3) is 5.39. The SMILES string of the molecule is Cc1cccc(-c2noc(N3CCOCC3)c2CN(CC2CCCO2)C(=O)c2cccc(F)c2)c1. The molecule has 3 aromatic rings. The quantitative estimate of drug-likeness (QED) is 0.499. The van der Waals surface area contributed by atoms with Gasteiger partial charge in [0.05, 0.1) is 31.4 Å². The summed E-state index contributed by atoms with van der Waals surface area (Å²) < 4.78 is 31.2. The zero-order valence-corrected chi connectivity index (χ0v) is 19.9. The van der Waals surface area contributed by atoms with E-state index in [9.17, 15) is 9.18 Å². The highest BCUT2D eigenvalue weighted by Crippen LogP contribution is 2.34. The van der Waals surface area contributed by atoms with Gasteiger partial charge in [0.15, 0.2) is 0 Å².